The Hall–Kier alpha value is -3.83. The van der Waals surface area contributed by atoms with E-state index < -0.39 is 30.7 Å². The molecule has 1 fully saturated rings. The molecule has 5 rings (SSSR count). The summed E-state index contributed by atoms with van der Waals surface area (Å²) in [7, 11) is 1.58. The number of aliphatic hydroxyl groups excluding tert-OH is 2. The summed E-state index contributed by atoms with van der Waals surface area (Å²) < 4.78 is 11.7. The summed E-state index contributed by atoms with van der Waals surface area (Å²) in [6.07, 6.45) is -1.66. The monoisotopic (exact) mass is 654 g/mol. The van der Waals surface area contributed by atoms with E-state index in [2.05, 4.69) is 0 Å². The van der Waals surface area contributed by atoms with Gasteiger partial charge in [0.25, 0.3) is 5.91 Å². The second-order valence-electron chi connectivity index (χ2n) is 11.1. The van der Waals surface area contributed by atoms with Gasteiger partial charge in [-0.15, -0.1) is 0 Å². The Bertz CT molecular complexity index is 1540. The summed E-state index contributed by atoms with van der Waals surface area (Å²) in [5, 5.41) is 20.2. The number of carbonyl (C=O) groups excluding carboxylic acids is 2. The minimum Gasteiger partial charge on any atom is -0.497 e. The molecule has 0 saturated carbocycles. The zero-order chi connectivity index (χ0) is 32.2. The van der Waals surface area contributed by atoms with Crippen LogP contribution in [0.1, 0.15) is 42.6 Å². The van der Waals surface area contributed by atoms with Crippen molar-refractivity contribution in [1.82, 2.24) is 14.7 Å². The number of ether oxygens (including phenoxy) is 2. The number of amidine groups is 1. The number of halogens is 2. The van der Waals surface area contributed by atoms with Gasteiger partial charge in [-0.25, -0.2) is 4.79 Å². The SMILES string of the molecule is COc1ccc(C2=NC(c3ccc(Cl)cc3)C(c3ccc(Cl)cc3)N2C(=O)N2CCN(C(=O)C(O)CO)CC2)c(OC(C)C)c1. The van der Waals surface area contributed by atoms with Gasteiger partial charge in [0, 0.05) is 42.3 Å². The highest BCUT2D eigenvalue weighted by Crippen LogP contribution is 2.46. The van der Waals surface area contributed by atoms with Gasteiger partial charge in [0.2, 0.25) is 0 Å². The fraction of sp³-hybridized carbons (Fsp3) is 0.364. The maximum atomic E-state index is 14.7. The van der Waals surface area contributed by atoms with Gasteiger partial charge in [-0.3, -0.25) is 14.7 Å². The molecule has 1 saturated heterocycles. The molecule has 0 radical (unpaired) electrons. The van der Waals surface area contributed by atoms with Crippen molar-refractivity contribution in [3.05, 3.63) is 93.5 Å². The highest BCUT2D eigenvalue weighted by molar-refractivity contribution is 6.30. The first-order chi connectivity index (χ1) is 21.6. The highest BCUT2D eigenvalue weighted by atomic mass is 35.5. The number of rotatable bonds is 8. The van der Waals surface area contributed by atoms with Crippen LogP contribution in [0.25, 0.3) is 0 Å². The van der Waals surface area contributed by atoms with Gasteiger partial charge in [-0.2, -0.15) is 0 Å². The Morgan fingerprint density at radius 1 is 0.911 bits per heavy atom. The second kappa shape index (κ2) is 14.1. The smallest absolute Gasteiger partial charge is 0.326 e. The molecule has 3 atom stereocenters. The second-order valence-corrected chi connectivity index (χ2v) is 12.0. The number of aliphatic imine (C=N–C) groups is 1. The van der Waals surface area contributed by atoms with Gasteiger partial charge < -0.3 is 29.5 Å². The number of aliphatic hydroxyl groups is 2. The standard InChI is InChI=1S/C33H36Cl2N4O6/c1-20(2)45-28-18-25(44-3)12-13-26(28)31-36-29(21-4-8-23(34)9-5-21)30(22-6-10-24(35)11-7-22)39(31)33(43)38-16-14-37(15-17-38)32(42)27(41)19-40/h4-13,18,20,27,29-30,40-41H,14-17,19H2,1-3H3. The summed E-state index contributed by atoms with van der Waals surface area (Å²) in [6.45, 7) is 4.04. The number of urea groups is 1. The lowest BCUT2D eigenvalue weighted by atomic mass is 9.93. The third kappa shape index (κ3) is 7.04. The van der Waals surface area contributed by atoms with E-state index in [1.807, 2.05) is 44.2 Å². The Kier molecular flexibility index (Phi) is 10.2. The quantitative estimate of drug-likeness (QED) is 0.355. The van der Waals surface area contributed by atoms with E-state index in [1.165, 1.54) is 4.90 Å². The van der Waals surface area contributed by atoms with Crippen molar-refractivity contribution in [3.63, 3.8) is 0 Å². The number of amides is 3. The molecule has 0 aliphatic carbocycles. The number of hydrogen-bond donors (Lipinski definition) is 2. The minimum atomic E-state index is -1.49. The summed E-state index contributed by atoms with van der Waals surface area (Å²) in [6, 6.07) is 18.8. The molecular weight excluding hydrogens is 619 g/mol. The van der Waals surface area contributed by atoms with Gasteiger partial charge in [0.1, 0.15) is 23.4 Å². The molecule has 2 aliphatic heterocycles. The zero-order valence-electron chi connectivity index (χ0n) is 25.3. The molecule has 3 aromatic rings. The predicted molar refractivity (Wildman–Crippen MR) is 172 cm³/mol. The van der Waals surface area contributed by atoms with Gasteiger partial charge in [-0.1, -0.05) is 47.5 Å². The molecule has 2 aliphatic rings. The third-order valence-electron chi connectivity index (χ3n) is 7.81. The number of methoxy groups -OCH3 is 1. The lowest BCUT2D eigenvalue weighted by molar-refractivity contribution is -0.143. The Balaban J connectivity index is 1.61. The van der Waals surface area contributed by atoms with E-state index in [1.54, 1.807) is 53.3 Å². The fourth-order valence-corrected chi connectivity index (χ4v) is 5.83. The molecule has 3 aromatic carbocycles. The summed E-state index contributed by atoms with van der Waals surface area (Å²) in [5.41, 5.74) is 2.31. The zero-order valence-corrected chi connectivity index (χ0v) is 26.8. The van der Waals surface area contributed by atoms with E-state index in [0.717, 1.165) is 11.1 Å². The molecule has 12 heteroatoms. The maximum absolute atomic E-state index is 14.7. The Labute approximate surface area is 272 Å². The molecule has 2 heterocycles. The van der Waals surface area contributed by atoms with Crippen LogP contribution in [0.2, 0.25) is 10.0 Å². The van der Waals surface area contributed by atoms with Crippen molar-refractivity contribution < 1.29 is 29.3 Å². The van der Waals surface area contributed by atoms with Crippen molar-refractivity contribution in [3.8, 4) is 11.5 Å². The average molecular weight is 656 g/mol. The third-order valence-corrected chi connectivity index (χ3v) is 8.31. The molecule has 0 bridgehead atoms. The Morgan fingerprint density at radius 3 is 2.04 bits per heavy atom. The van der Waals surface area contributed by atoms with Gasteiger partial charge >= 0.3 is 6.03 Å². The number of carbonyl (C=O) groups is 2. The highest BCUT2D eigenvalue weighted by Gasteiger charge is 2.45. The minimum absolute atomic E-state index is 0.166. The molecule has 0 aromatic heterocycles. The number of nitrogens with zero attached hydrogens (tertiary/aromatic N) is 4. The largest absolute Gasteiger partial charge is 0.497 e. The van der Waals surface area contributed by atoms with E-state index in [9.17, 15) is 19.8 Å². The summed E-state index contributed by atoms with van der Waals surface area (Å²) in [5.74, 6) is 0.970. The molecule has 238 valence electrons. The van der Waals surface area contributed by atoms with Crippen LogP contribution < -0.4 is 9.47 Å². The van der Waals surface area contributed by atoms with Gasteiger partial charge in [-0.05, 0) is 61.4 Å². The lowest BCUT2D eigenvalue weighted by Gasteiger charge is -2.39. The first kappa shape index (κ1) is 32.6. The number of piperazine rings is 1. The van der Waals surface area contributed by atoms with Crippen molar-refractivity contribution in [2.45, 2.75) is 38.1 Å². The molecule has 3 unspecified atom stereocenters. The van der Waals surface area contributed by atoms with Crippen LogP contribution in [-0.2, 0) is 4.79 Å². The van der Waals surface area contributed by atoms with E-state index in [4.69, 9.17) is 37.7 Å². The van der Waals surface area contributed by atoms with Crippen molar-refractivity contribution in [1.29, 1.82) is 0 Å². The van der Waals surface area contributed by atoms with Crippen LogP contribution in [0.5, 0.6) is 11.5 Å². The van der Waals surface area contributed by atoms with Gasteiger partial charge in [0.15, 0.2) is 6.10 Å². The van der Waals surface area contributed by atoms with Crippen LogP contribution in [0.4, 0.5) is 4.79 Å². The van der Waals surface area contributed by atoms with Crippen LogP contribution in [0.15, 0.2) is 71.7 Å². The normalized spacial score (nSPS) is 19.0. The van der Waals surface area contributed by atoms with E-state index in [0.29, 0.717) is 32.9 Å². The van der Waals surface area contributed by atoms with E-state index >= 15 is 0 Å². The fourth-order valence-electron chi connectivity index (χ4n) is 5.58. The predicted octanol–water partition coefficient (Wildman–Crippen LogP) is 4.95. The maximum Gasteiger partial charge on any atom is 0.326 e. The molecule has 10 nitrogen and oxygen atoms in total. The first-order valence-electron chi connectivity index (χ1n) is 14.7. The lowest BCUT2D eigenvalue weighted by Crippen LogP contribution is -2.56. The number of hydrogen-bond acceptors (Lipinski definition) is 7. The Morgan fingerprint density at radius 2 is 1.49 bits per heavy atom. The average Bonchev–Trinajstić information content (AvgIpc) is 3.44. The molecule has 45 heavy (non-hydrogen) atoms. The van der Waals surface area contributed by atoms with Crippen molar-refractivity contribution >= 4 is 41.0 Å². The molecule has 3 amide bonds. The van der Waals surface area contributed by atoms with Crippen LogP contribution in [-0.4, -0.2) is 94.8 Å². The van der Waals surface area contributed by atoms with E-state index in [-0.39, 0.29) is 38.3 Å². The van der Waals surface area contributed by atoms with Crippen LogP contribution in [0.3, 0.4) is 0 Å². The summed E-state index contributed by atoms with van der Waals surface area (Å²) in [4.78, 5) is 37.2. The molecule has 2 N–H and O–H groups in total. The number of benzene rings is 3. The molecular formula is C33H36Cl2N4O6. The first-order valence-corrected chi connectivity index (χ1v) is 15.5. The van der Waals surface area contributed by atoms with Gasteiger partial charge in [0.05, 0.1) is 31.4 Å². The molecule has 0 spiro atoms. The van der Waals surface area contributed by atoms with Crippen LogP contribution in [0, 0.1) is 0 Å². The van der Waals surface area contributed by atoms with Crippen molar-refractivity contribution in [2.75, 3.05) is 39.9 Å². The van der Waals surface area contributed by atoms with Crippen molar-refractivity contribution in [2.24, 2.45) is 4.99 Å². The summed E-state index contributed by atoms with van der Waals surface area (Å²) >= 11 is 12.5. The topological polar surface area (TPSA) is 115 Å². The van der Waals surface area contributed by atoms with Crippen LogP contribution >= 0.6 is 23.2 Å².